The largest absolute Gasteiger partial charge is 0.268 e. The van der Waals surface area contributed by atoms with E-state index in [1.165, 1.54) is 4.68 Å². The summed E-state index contributed by atoms with van der Waals surface area (Å²) < 4.78 is 1.44. The Kier molecular flexibility index (Phi) is 4.74. The van der Waals surface area contributed by atoms with Gasteiger partial charge in [-0.15, -0.1) is 0 Å². The quantitative estimate of drug-likeness (QED) is 0.668. The molecule has 3 nitrogen and oxygen atoms in total. The van der Waals surface area contributed by atoms with Crippen LogP contribution in [0.4, 0.5) is 0 Å². The van der Waals surface area contributed by atoms with Gasteiger partial charge in [0.1, 0.15) is 0 Å². The molecule has 0 saturated carbocycles. The number of benzene rings is 2. The van der Waals surface area contributed by atoms with Gasteiger partial charge in [-0.25, -0.2) is 4.68 Å². The summed E-state index contributed by atoms with van der Waals surface area (Å²) in [5.41, 5.74) is 4.79. The van der Waals surface area contributed by atoms with Crippen molar-refractivity contribution in [2.24, 2.45) is 0 Å². The Labute approximate surface area is 150 Å². The normalized spacial score (nSPS) is 10.8. The van der Waals surface area contributed by atoms with Crippen LogP contribution in [0.3, 0.4) is 0 Å². The first-order valence-electron chi connectivity index (χ1n) is 7.54. The van der Waals surface area contributed by atoms with Crippen LogP contribution in [0, 0.1) is 13.8 Å². The summed E-state index contributed by atoms with van der Waals surface area (Å²) in [5.74, 6) is 0. The van der Waals surface area contributed by atoms with Crippen molar-refractivity contribution in [1.29, 1.82) is 0 Å². The molecule has 2 aromatic carbocycles. The molecule has 0 amide bonds. The third-order valence-electron chi connectivity index (χ3n) is 3.85. The Hall–Kier alpha value is -2.10. The highest BCUT2D eigenvalue weighted by atomic mass is 35.5. The summed E-state index contributed by atoms with van der Waals surface area (Å²) in [6.45, 7) is 4.41. The minimum absolute atomic E-state index is 0.157. The Morgan fingerprint density at radius 3 is 2.50 bits per heavy atom. The van der Waals surface area contributed by atoms with E-state index >= 15 is 0 Å². The third kappa shape index (κ3) is 3.53. The highest BCUT2D eigenvalue weighted by molar-refractivity contribution is 6.42. The first-order chi connectivity index (χ1) is 11.4. The fourth-order valence-electron chi connectivity index (χ4n) is 2.53. The fourth-order valence-corrected chi connectivity index (χ4v) is 2.85. The van der Waals surface area contributed by atoms with E-state index in [4.69, 9.17) is 23.2 Å². The smallest absolute Gasteiger partial charge is 0.267 e. The van der Waals surface area contributed by atoms with Crippen LogP contribution < -0.4 is 5.56 Å². The van der Waals surface area contributed by atoms with Crippen LogP contribution in [0.2, 0.25) is 10.0 Å². The molecular weight excluding hydrogens is 343 g/mol. The Balaban J connectivity index is 2.01. The van der Waals surface area contributed by atoms with Gasteiger partial charge < -0.3 is 0 Å². The number of rotatable bonds is 3. The number of aromatic nitrogens is 2. The van der Waals surface area contributed by atoms with Crippen LogP contribution in [-0.2, 0) is 6.54 Å². The lowest BCUT2D eigenvalue weighted by Crippen LogP contribution is -2.22. The Morgan fingerprint density at radius 1 is 0.958 bits per heavy atom. The lowest BCUT2D eigenvalue weighted by Gasteiger charge is -2.10. The van der Waals surface area contributed by atoms with Gasteiger partial charge in [-0.3, -0.25) is 4.79 Å². The number of hydrogen-bond acceptors (Lipinski definition) is 2. The van der Waals surface area contributed by atoms with E-state index < -0.39 is 0 Å². The number of aryl methyl sites for hydroxylation is 2. The lowest BCUT2D eigenvalue weighted by atomic mass is 10.0. The molecule has 0 saturated heterocycles. The second kappa shape index (κ2) is 6.80. The van der Waals surface area contributed by atoms with Crippen LogP contribution in [0.15, 0.2) is 53.3 Å². The van der Waals surface area contributed by atoms with Crippen molar-refractivity contribution in [1.82, 2.24) is 9.78 Å². The van der Waals surface area contributed by atoms with Crippen molar-refractivity contribution in [3.63, 3.8) is 0 Å². The van der Waals surface area contributed by atoms with Crippen LogP contribution >= 0.6 is 23.2 Å². The molecule has 122 valence electrons. The van der Waals surface area contributed by atoms with E-state index in [2.05, 4.69) is 23.3 Å². The number of hydrogen-bond donors (Lipinski definition) is 0. The van der Waals surface area contributed by atoms with Crippen molar-refractivity contribution >= 4 is 23.2 Å². The highest BCUT2D eigenvalue weighted by Crippen LogP contribution is 2.24. The SMILES string of the molecule is Cc1ccc(C)c(-c2ccc(=O)n(Cc3ccc(Cl)c(Cl)c3)n2)c1. The molecule has 5 heteroatoms. The van der Waals surface area contributed by atoms with E-state index in [0.29, 0.717) is 16.6 Å². The maximum absolute atomic E-state index is 12.2. The molecule has 3 aromatic rings. The first kappa shape index (κ1) is 16.7. The van der Waals surface area contributed by atoms with E-state index in [1.807, 2.05) is 19.9 Å². The lowest BCUT2D eigenvalue weighted by molar-refractivity contribution is 0.642. The summed E-state index contributed by atoms with van der Waals surface area (Å²) in [6.07, 6.45) is 0. The molecule has 0 atom stereocenters. The average molecular weight is 359 g/mol. The predicted molar refractivity (Wildman–Crippen MR) is 99.0 cm³/mol. The number of halogens is 2. The van der Waals surface area contributed by atoms with Crippen LogP contribution in [0.5, 0.6) is 0 Å². The van der Waals surface area contributed by atoms with Gasteiger partial charge >= 0.3 is 0 Å². The summed E-state index contributed by atoms with van der Waals surface area (Å²) in [4.78, 5) is 12.2. The Morgan fingerprint density at radius 2 is 1.75 bits per heavy atom. The van der Waals surface area contributed by atoms with Crippen LogP contribution in [-0.4, -0.2) is 9.78 Å². The fraction of sp³-hybridized carbons (Fsp3) is 0.158. The molecular formula is C19H16Cl2N2O. The summed E-state index contributed by atoms with van der Waals surface area (Å²) in [5, 5.41) is 5.48. The van der Waals surface area contributed by atoms with Gasteiger partial charge in [0, 0.05) is 11.6 Å². The van der Waals surface area contributed by atoms with Crippen molar-refractivity contribution in [3.05, 3.63) is 85.6 Å². The third-order valence-corrected chi connectivity index (χ3v) is 4.59. The van der Waals surface area contributed by atoms with Gasteiger partial charge in [0.25, 0.3) is 5.56 Å². The summed E-state index contributed by atoms with van der Waals surface area (Å²) in [6, 6.07) is 14.8. The molecule has 0 N–H and O–H groups in total. The topological polar surface area (TPSA) is 34.9 Å². The van der Waals surface area contributed by atoms with Gasteiger partial charge in [0.05, 0.1) is 22.3 Å². The maximum Gasteiger partial charge on any atom is 0.267 e. The van der Waals surface area contributed by atoms with Gasteiger partial charge in [-0.2, -0.15) is 5.10 Å². The summed E-state index contributed by atoms with van der Waals surface area (Å²) >= 11 is 12.0. The van der Waals surface area contributed by atoms with E-state index in [0.717, 1.165) is 27.9 Å². The molecule has 24 heavy (non-hydrogen) atoms. The Bertz CT molecular complexity index is 964. The van der Waals surface area contributed by atoms with E-state index in [9.17, 15) is 4.79 Å². The van der Waals surface area contributed by atoms with Gasteiger partial charge in [0.2, 0.25) is 0 Å². The maximum atomic E-state index is 12.2. The second-order valence-electron chi connectivity index (χ2n) is 5.78. The predicted octanol–water partition coefficient (Wildman–Crippen LogP) is 4.88. The van der Waals surface area contributed by atoms with Crippen molar-refractivity contribution < 1.29 is 0 Å². The molecule has 0 spiro atoms. The summed E-state index contributed by atoms with van der Waals surface area (Å²) in [7, 11) is 0. The molecule has 0 aliphatic rings. The zero-order valence-electron chi connectivity index (χ0n) is 13.4. The minimum atomic E-state index is -0.157. The second-order valence-corrected chi connectivity index (χ2v) is 6.60. The molecule has 0 radical (unpaired) electrons. The first-order valence-corrected chi connectivity index (χ1v) is 8.29. The minimum Gasteiger partial charge on any atom is -0.268 e. The molecule has 1 aromatic heterocycles. The van der Waals surface area contributed by atoms with Crippen molar-refractivity contribution in [2.75, 3.05) is 0 Å². The average Bonchev–Trinajstić information content (AvgIpc) is 2.55. The van der Waals surface area contributed by atoms with Gasteiger partial charge in [-0.1, -0.05) is 47.0 Å². The van der Waals surface area contributed by atoms with Gasteiger partial charge in [-0.05, 0) is 49.2 Å². The zero-order chi connectivity index (χ0) is 17.3. The number of nitrogens with zero attached hydrogens (tertiary/aromatic N) is 2. The highest BCUT2D eigenvalue weighted by Gasteiger charge is 2.08. The van der Waals surface area contributed by atoms with Gasteiger partial charge in [0.15, 0.2) is 0 Å². The monoisotopic (exact) mass is 358 g/mol. The molecule has 0 aliphatic carbocycles. The van der Waals surface area contributed by atoms with Crippen LogP contribution in [0.1, 0.15) is 16.7 Å². The van der Waals surface area contributed by atoms with Crippen molar-refractivity contribution in [2.45, 2.75) is 20.4 Å². The molecule has 0 bridgehead atoms. The van der Waals surface area contributed by atoms with E-state index in [-0.39, 0.29) is 5.56 Å². The molecule has 0 unspecified atom stereocenters. The standard InChI is InChI=1S/C19H16Cl2N2O/c1-12-3-4-13(2)15(9-12)18-7-8-19(24)23(22-18)11-14-5-6-16(20)17(21)10-14/h3-10H,11H2,1-2H3. The molecule has 1 heterocycles. The van der Waals surface area contributed by atoms with Crippen LogP contribution in [0.25, 0.3) is 11.3 Å². The molecule has 0 aliphatic heterocycles. The van der Waals surface area contributed by atoms with Crippen molar-refractivity contribution in [3.8, 4) is 11.3 Å². The molecule has 3 rings (SSSR count). The zero-order valence-corrected chi connectivity index (χ0v) is 14.9. The molecule has 0 fully saturated rings. The van der Waals surface area contributed by atoms with E-state index in [1.54, 1.807) is 24.3 Å².